The summed E-state index contributed by atoms with van der Waals surface area (Å²) in [7, 11) is 2.13. The molecule has 3 heteroatoms. The van der Waals surface area contributed by atoms with E-state index < -0.39 is 5.60 Å². The number of aliphatic hydroxyl groups is 1. The van der Waals surface area contributed by atoms with E-state index in [0.29, 0.717) is 11.5 Å². The zero-order valence-corrected chi connectivity index (χ0v) is 12.9. The molecule has 0 aliphatic heterocycles. The smallest absolute Gasteiger partial charge is 0.0718 e. The first-order valence-corrected chi connectivity index (χ1v) is 7.37. The minimum absolute atomic E-state index is 0.421. The van der Waals surface area contributed by atoms with Gasteiger partial charge in [0.15, 0.2) is 0 Å². The number of nitrogens with one attached hydrogen (secondary N) is 1. The molecule has 0 spiro atoms. The van der Waals surface area contributed by atoms with Crippen LogP contribution in [0.1, 0.15) is 53.4 Å². The first-order valence-electron chi connectivity index (χ1n) is 7.37. The van der Waals surface area contributed by atoms with Crippen LogP contribution in [0.5, 0.6) is 0 Å². The van der Waals surface area contributed by atoms with Gasteiger partial charge >= 0.3 is 0 Å². The maximum atomic E-state index is 9.91. The van der Waals surface area contributed by atoms with Crippen molar-refractivity contribution in [2.24, 2.45) is 5.41 Å². The quantitative estimate of drug-likeness (QED) is 0.733. The molecule has 0 amide bonds. The molecule has 1 aliphatic carbocycles. The third kappa shape index (κ3) is 5.68. The molecule has 1 aliphatic rings. The van der Waals surface area contributed by atoms with E-state index in [0.717, 1.165) is 19.6 Å². The van der Waals surface area contributed by atoms with Gasteiger partial charge in [-0.2, -0.15) is 0 Å². The highest BCUT2D eigenvalue weighted by atomic mass is 16.3. The van der Waals surface area contributed by atoms with Crippen molar-refractivity contribution < 1.29 is 5.11 Å². The standard InChI is InChI=1S/C15H32N2O/c1-13(2)16-10-15(8-6-7-9-15)12-17(5)11-14(3,4)18/h13,16,18H,6-12H2,1-5H3. The second-order valence-corrected chi connectivity index (χ2v) is 7.23. The maximum absolute atomic E-state index is 9.91. The Bertz CT molecular complexity index is 239. The zero-order valence-electron chi connectivity index (χ0n) is 12.9. The Morgan fingerprint density at radius 3 is 2.28 bits per heavy atom. The summed E-state index contributed by atoms with van der Waals surface area (Å²) in [6.07, 6.45) is 5.36. The predicted molar refractivity (Wildman–Crippen MR) is 77.8 cm³/mol. The average molecular weight is 256 g/mol. The van der Waals surface area contributed by atoms with Crippen molar-refractivity contribution in [1.29, 1.82) is 0 Å². The Kier molecular flexibility index (Phi) is 5.63. The van der Waals surface area contributed by atoms with Crippen LogP contribution in [0.3, 0.4) is 0 Å². The molecule has 0 aromatic heterocycles. The van der Waals surface area contributed by atoms with Gasteiger partial charge in [-0.15, -0.1) is 0 Å². The second-order valence-electron chi connectivity index (χ2n) is 7.23. The maximum Gasteiger partial charge on any atom is 0.0718 e. The van der Waals surface area contributed by atoms with E-state index in [1.54, 1.807) is 0 Å². The monoisotopic (exact) mass is 256 g/mol. The van der Waals surface area contributed by atoms with Gasteiger partial charge in [-0.3, -0.25) is 0 Å². The first kappa shape index (κ1) is 15.9. The molecule has 1 fully saturated rings. The van der Waals surface area contributed by atoms with Crippen LogP contribution in [0.2, 0.25) is 0 Å². The summed E-state index contributed by atoms with van der Waals surface area (Å²) >= 11 is 0. The Hall–Kier alpha value is -0.120. The van der Waals surface area contributed by atoms with E-state index in [4.69, 9.17) is 0 Å². The highest BCUT2D eigenvalue weighted by Gasteiger charge is 2.35. The van der Waals surface area contributed by atoms with Crippen LogP contribution in [-0.2, 0) is 0 Å². The summed E-state index contributed by atoms with van der Waals surface area (Å²) in [6, 6.07) is 0.557. The van der Waals surface area contributed by atoms with Crippen LogP contribution < -0.4 is 5.32 Å². The van der Waals surface area contributed by atoms with Crippen molar-refractivity contribution in [3.05, 3.63) is 0 Å². The minimum Gasteiger partial charge on any atom is -0.389 e. The highest BCUT2D eigenvalue weighted by molar-refractivity contribution is 4.90. The van der Waals surface area contributed by atoms with E-state index >= 15 is 0 Å². The second kappa shape index (κ2) is 6.36. The summed E-state index contributed by atoms with van der Waals surface area (Å²) in [4.78, 5) is 2.30. The molecule has 0 aromatic carbocycles. The van der Waals surface area contributed by atoms with Crippen LogP contribution in [-0.4, -0.2) is 48.3 Å². The molecule has 0 radical (unpaired) electrons. The van der Waals surface area contributed by atoms with Crippen molar-refractivity contribution in [2.75, 3.05) is 26.7 Å². The van der Waals surface area contributed by atoms with Gasteiger partial charge < -0.3 is 15.3 Å². The molecule has 0 unspecified atom stereocenters. The van der Waals surface area contributed by atoms with E-state index in [9.17, 15) is 5.11 Å². The van der Waals surface area contributed by atoms with Crippen LogP contribution in [0, 0.1) is 5.41 Å². The largest absolute Gasteiger partial charge is 0.389 e. The molecule has 3 nitrogen and oxygen atoms in total. The summed E-state index contributed by atoms with van der Waals surface area (Å²) in [6.45, 7) is 11.1. The Labute approximate surface area is 113 Å². The number of nitrogens with zero attached hydrogens (tertiary/aromatic N) is 1. The lowest BCUT2D eigenvalue weighted by Gasteiger charge is -2.36. The van der Waals surface area contributed by atoms with Crippen molar-refractivity contribution in [1.82, 2.24) is 10.2 Å². The minimum atomic E-state index is -0.597. The Morgan fingerprint density at radius 1 is 1.28 bits per heavy atom. The van der Waals surface area contributed by atoms with Crippen molar-refractivity contribution >= 4 is 0 Å². The topological polar surface area (TPSA) is 35.5 Å². The van der Waals surface area contributed by atoms with Crippen molar-refractivity contribution in [3.8, 4) is 0 Å². The van der Waals surface area contributed by atoms with Crippen LogP contribution >= 0.6 is 0 Å². The summed E-state index contributed by atoms with van der Waals surface area (Å²) in [5.74, 6) is 0. The van der Waals surface area contributed by atoms with Gasteiger partial charge in [0, 0.05) is 25.7 Å². The molecule has 0 aromatic rings. The molecular formula is C15H32N2O. The summed E-state index contributed by atoms with van der Waals surface area (Å²) in [5, 5.41) is 13.5. The molecule has 1 saturated carbocycles. The van der Waals surface area contributed by atoms with Gasteiger partial charge in [-0.05, 0) is 39.2 Å². The van der Waals surface area contributed by atoms with Gasteiger partial charge in [-0.25, -0.2) is 0 Å². The van der Waals surface area contributed by atoms with Crippen molar-refractivity contribution in [2.45, 2.75) is 65.0 Å². The van der Waals surface area contributed by atoms with Crippen LogP contribution in [0.4, 0.5) is 0 Å². The number of rotatable bonds is 7. The molecule has 18 heavy (non-hydrogen) atoms. The first-order chi connectivity index (χ1) is 8.22. The molecule has 0 heterocycles. The Balaban J connectivity index is 2.51. The van der Waals surface area contributed by atoms with E-state index in [1.165, 1.54) is 25.7 Å². The fourth-order valence-electron chi connectivity index (χ4n) is 3.23. The van der Waals surface area contributed by atoms with Gasteiger partial charge in [0.25, 0.3) is 0 Å². The molecule has 0 atom stereocenters. The third-order valence-electron chi connectivity index (χ3n) is 3.81. The van der Waals surface area contributed by atoms with Gasteiger partial charge in [0.2, 0.25) is 0 Å². The molecule has 108 valence electrons. The number of hydrogen-bond donors (Lipinski definition) is 2. The summed E-state index contributed by atoms with van der Waals surface area (Å²) in [5.41, 5.74) is -0.176. The lowest BCUT2D eigenvalue weighted by molar-refractivity contribution is 0.0302. The van der Waals surface area contributed by atoms with E-state index in [2.05, 4.69) is 31.1 Å². The molecule has 0 saturated heterocycles. The Morgan fingerprint density at radius 2 is 1.83 bits per heavy atom. The average Bonchev–Trinajstić information content (AvgIpc) is 2.61. The third-order valence-corrected chi connectivity index (χ3v) is 3.81. The molecule has 2 N–H and O–H groups in total. The number of hydrogen-bond acceptors (Lipinski definition) is 3. The van der Waals surface area contributed by atoms with Gasteiger partial charge in [-0.1, -0.05) is 26.7 Å². The fraction of sp³-hybridized carbons (Fsp3) is 1.00. The van der Waals surface area contributed by atoms with Crippen molar-refractivity contribution in [3.63, 3.8) is 0 Å². The van der Waals surface area contributed by atoms with E-state index in [1.807, 2.05) is 13.8 Å². The molecule has 1 rings (SSSR count). The SMILES string of the molecule is CC(C)NCC1(CN(C)CC(C)(C)O)CCCC1. The normalized spacial score (nSPS) is 20.0. The molecular weight excluding hydrogens is 224 g/mol. The fourth-order valence-corrected chi connectivity index (χ4v) is 3.23. The summed E-state index contributed by atoms with van der Waals surface area (Å²) < 4.78 is 0. The number of likely N-dealkylation sites (N-methyl/N-ethyl adjacent to an activating group) is 1. The van der Waals surface area contributed by atoms with E-state index in [-0.39, 0.29) is 0 Å². The van der Waals surface area contributed by atoms with Gasteiger partial charge in [0.05, 0.1) is 5.60 Å². The lowest BCUT2D eigenvalue weighted by Crippen LogP contribution is -2.46. The van der Waals surface area contributed by atoms with Gasteiger partial charge in [0.1, 0.15) is 0 Å². The molecule has 0 bridgehead atoms. The van der Waals surface area contributed by atoms with Crippen LogP contribution in [0.15, 0.2) is 0 Å². The van der Waals surface area contributed by atoms with Crippen LogP contribution in [0.25, 0.3) is 0 Å². The highest BCUT2D eigenvalue weighted by Crippen LogP contribution is 2.38. The lowest BCUT2D eigenvalue weighted by atomic mass is 9.85. The predicted octanol–water partition coefficient (Wildman–Crippen LogP) is 2.25. The zero-order chi connectivity index (χ0) is 13.8.